The molecule has 3 atom stereocenters. The molecule has 1 N–H and O–H groups in total. The maximum atomic E-state index is 13.1. The molecule has 0 saturated carbocycles. The van der Waals surface area contributed by atoms with Crippen LogP contribution in [0.2, 0.25) is 0 Å². The third kappa shape index (κ3) is 4.46. The van der Waals surface area contributed by atoms with Crippen LogP contribution in [0.5, 0.6) is 0 Å². The van der Waals surface area contributed by atoms with Gasteiger partial charge in [-0.05, 0) is 31.5 Å². The zero-order valence-electron chi connectivity index (χ0n) is 13.2. The molecule has 2 heterocycles. The number of hydrogen-bond acceptors (Lipinski definition) is 4. The normalized spacial score (nSPS) is 23.0. The summed E-state index contributed by atoms with van der Waals surface area (Å²) in [4.78, 5) is 6.71. The van der Waals surface area contributed by atoms with E-state index in [-0.39, 0.29) is 11.9 Å². The van der Waals surface area contributed by atoms with Crippen LogP contribution in [0.1, 0.15) is 32.5 Å². The molecule has 1 aliphatic heterocycles. The fraction of sp³-hybridized carbons (Fsp3) is 0.688. The van der Waals surface area contributed by atoms with Gasteiger partial charge >= 0.3 is 0 Å². The number of ether oxygens (including phenoxy) is 1. The lowest BCUT2D eigenvalue weighted by Crippen LogP contribution is -2.47. The fourth-order valence-corrected chi connectivity index (χ4v) is 2.90. The van der Waals surface area contributed by atoms with Crippen LogP contribution in [0.3, 0.4) is 0 Å². The second kappa shape index (κ2) is 7.82. The first-order chi connectivity index (χ1) is 10.1. The van der Waals surface area contributed by atoms with Crippen molar-refractivity contribution in [1.82, 2.24) is 15.2 Å². The second-order valence-corrected chi connectivity index (χ2v) is 5.83. The van der Waals surface area contributed by atoms with Gasteiger partial charge in [0.2, 0.25) is 0 Å². The van der Waals surface area contributed by atoms with Gasteiger partial charge in [0.1, 0.15) is 5.82 Å². The monoisotopic (exact) mass is 295 g/mol. The van der Waals surface area contributed by atoms with Gasteiger partial charge in [0, 0.05) is 19.1 Å². The Morgan fingerprint density at radius 3 is 2.95 bits per heavy atom. The lowest BCUT2D eigenvalue weighted by Gasteiger charge is -2.37. The Morgan fingerprint density at radius 1 is 1.52 bits per heavy atom. The number of pyridine rings is 1. The van der Waals surface area contributed by atoms with E-state index in [1.165, 1.54) is 12.3 Å². The molecular formula is C16H26FN3O. The Morgan fingerprint density at radius 2 is 2.33 bits per heavy atom. The van der Waals surface area contributed by atoms with Gasteiger partial charge in [-0.2, -0.15) is 0 Å². The Kier molecular flexibility index (Phi) is 6.08. The van der Waals surface area contributed by atoms with E-state index in [1.54, 1.807) is 6.07 Å². The molecule has 0 amide bonds. The average Bonchev–Trinajstić information content (AvgIpc) is 2.48. The van der Waals surface area contributed by atoms with Gasteiger partial charge in [-0.15, -0.1) is 0 Å². The molecule has 0 radical (unpaired) electrons. The molecule has 0 spiro atoms. The van der Waals surface area contributed by atoms with E-state index in [9.17, 15) is 4.39 Å². The summed E-state index contributed by atoms with van der Waals surface area (Å²) in [5.41, 5.74) is 0.909. The average molecular weight is 295 g/mol. The summed E-state index contributed by atoms with van der Waals surface area (Å²) in [6.07, 6.45) is 1.30. The molecule has 0 aromatic carbocycles. The molecule has 1 saturated heterocycles. The third-order valence-corrected chi connectivity index (χ3v) is 4.09. The van der Waals surface area contributed by atoms with E-state index in [4.69, 9.17) is 4.74 Å². The highest BCUT2D eigenvalue weighted by Gasteiger charge is 2.26. The molecule has 5 heteroatoms. The minimum Gasteiger partial charge on any atom is -0.379 e. The molecule has 4 nitrogen and oxygen atoms in total. The summed E-state index contributed by atoms with van der Waals surface area (Å²) in [7, 11) is 0. The first-order valence-electron chi connectivity index (χ1n) is 7.78. The molecule has 0 aliphatic carbocycles. The van der Waals surface area contributed by atoms with Gasteiger partial charge in [0.15, 0.2) is 0 Å². The number of halogens is 1. The number of morpholine rings is 1. The van der Waals surface area contributed by atoms with Crippen molar-refractivity contribution in [2.24, 2.45) is 5.92 Å². The number of hydrogen-bond donors (Lipinski definition) is 1. The molecule has 0 bridgehead atoms. The molecule has 2 rings (SSSR count). The molecule has 21 heavy (non-hydrogen) atoms. The SMILES string of the molecule is CCNC(c1ccc(F)cn1)C(C)CN1CCOCC1C. The van der Waals surface area contributed by atoms with Crippen molar-refractivity contribution in [3.8, 4) is 0 Å². The van der Waals surface area contributed by atoms with Gasteiger partial charge in [-0.1, -0.05) is 13.8 Å². The summed E-state index contributed by atoms with van der Waals surface area (Å²) < 4.78 is 18.5. The van der Waals surface area contributed by atoms with Crippen molar-refractivity contribution in [3.05, 3.63) is 29.8 Å². The molecule has 1 aliphatic rings. The van der Waals surface area contributed by atoms with E-state index in [0.29, 0.717) is 12.0 Å². The summed E-state index contributed by atoms with van der Waals surface area (Å²) in [6.45, 7) is 10.9. The minimum absolute atomic E-state index is 0.144. The lowest BCUT2D eigenvalue weighted by atomic mass is 9.96. The van der Waals surface area contributed by atoms with Crippen LogP contribution in [0.4, 0.5) is 4.39 Å². The summed E-state index contributed by atoms with van der Waals surface area (Å²) in [5, 5.41) is 3.48. The Labute approximate surface area is 126 Å². The van der Waals surface area contributed by atoms with Crippen LogP contribution < -0.4 is 5.32 Å². The minimum atomic E-state index is -0.288. The van der Waals surface area contributed by atoms with Crippen molar-refractivity contribution in [3.63, 3.8) is 0 Å². The van der Waals surface area contributed by atoms with Crippen molar-refractivity contribution < 1.29 is 9.13 Å². The maximum absolute atomic E-state index is 13.1. The molecule has 1 aromatic heterocycles. The largest absolute Gasteiger partial charge is 0.379 e. The highest BCUT2D eigenvalue weighted by molar-refractivity contribution is 5.11. The number of rotatable bonds is 6. The molecule has 1 fully saturated rings. The number of nitrogens with zero attached hydrogens (tertiary/aromatic N) is 2. The number of aromatic nitrogens is 1. The van der Waals surface area contributed by atoms with E-state index in [2.05, 4.69) is 36.0 Å². The lowest BCUT2D eigenvalue weighted by molar-refractivity contribution is -0.00862. The van der Waals surface area contributed by atoms with Gasteiger partial charge < -0.3 is 10.1 Å². The van der Waals surface area contributed by atoms with Crippen molar-refractivity contribution in [1.29, 1.82) is 0 Å². The third-order valence-electron chi connectivity index (χ3n) is 4.09. The van der Waals surface area contributed by atoms with Gasteiger partial charge in [-0.3, -0.25) is 9.88 Å². The van der Waals surface area contributed by atoms with Crippen LogP contribution in [-0.4, -0.2) is 48.8 Å². The van der Waals surface area contributed by atoms with Crippen LogP contribution in [0.25, 0.3) is 0 Å². The summed E-state index contributed by atoms with van der Waals surface area (Å²) in [6, 6.07) is 3.86. The molecule has 118 valence electrons. The molecule has 1 aromatic rings. The Hall–Kier alpha value is -1.04. The van der Waals surface area contributed by atoms with E-state index in [0.717, 1.165) is 38.5 Å². The fourth-order valence-electron chi connectivity index (χ4n) is 2.90. The second-order valence-electron chi connectivity index (χ2n) is 5.83. The Balaban J connectivity index is 2.04. The summed E-state index contributed by atoms with van der Waals surface area (Å²) in [5.74, 6) is 0.104. The van der Waals surface area contributed by atoms with Crippen LogP contribution in [-0.2, 0) is 4.74 Å². The zero-order chi connectivity index (χ0) is 15.2. The van der Waals surface area contributed by atoms with Crippen molar-refractivity contribution in [2.45, 2.75) is 32.9 Å². The van der Waals surface area contributed by atoms with E-state index >= 15 is 0 Å². The van der Waals surface area contributed by atoms with E-state index < -0.39 is 0 Å². The van der Waals surface area contributed by atoms with Crippen LogP contribution in [0, 0.1) is 11.7 Å². The molecular weight excluding hydrogens is 269 g/mol. The van der Waals surface area contributed by atoms with Gasteiger partial charge in [-0.25, -0.2) is 4.39 Å². The first-order valence-corrected chi connectivity index (χ1v) is 7.78. The zero-order valence-corrected chi connectivity index (χ0v) is 13.2. The maximum Gasteiger partial charge on any atom is 0.141 e. The van der Waals surface area contributed by atoms with Crippen LogP contribution >= 0.6 is 0 Å². The Bertz CT molecular complexity index is 426. The smallest absolute Gasteiger partial charge is 0.141 e. The predicted octanol–water partition coefficient (Wildman–Crippen LogP) is 2.23. The summed E-state index contributed by atoms with van der Waals surface area (Å²) >= 11 is 0. The van der Waals surface area contributed by atoms with Crippen molar-refractivity contribution >= 4 is 0 Å². The molecule has 3 unspecified atom stereocenters. The van der Waals surface area contributed by atoms with Gasteiger partial charge in [0.05, 0.1) is 31.1 Å². The highest BCUT2D eigenvalue weighted by Crippen LogP contribution is 2.22. The predicted molar refractivity (Wildman–Crippen MR) is 81.6 cm³/mol. The first kappa shape index (κ1) is 16.3. The van der Waals surface area contributed by atoms with Crippen molar-refractivity contribution in [2.75, 3.05) is 32.8 Å². The quantitative estimate of drug-likeness (QED) is 0.873. The van der Waals surface area contributed by atoms with Crippen LogP contribution in [0.15, 0.2) is 18.3 Å². The van der Waals surface area contributed by atoms with E-state index in [1.807, 2.05) is 0 Å². The standard InChI is InChI=1S/C16H26FN3O/c1-4-18-16(15-6-5-14(17)9-19-15)12(2)10-20-7-8-21-11-13(20)3/h5-6,9,12-13,16,18H,4,7-8,10-11H2,1-3H3. The topological polar surface area (TPSA) is 37.4 Å². The highest BCUT2D eigenvalue weighted by atomic mass is 19.1. The van der Waals surface area contributed by atoms with Gasteiger partial charge in [0.25, 0.3) is 0 Å². The number of nitrogens with one attached hydrogen (secondary N) is 1.